The Morgan fingerprint density at radius 2 is 0.636 bits per heavy atom. The fourth-order valence-corrected chi connectivity index (χ4v) is 12.2. The summed E-state index contributed by atoms with van der Waals surface area (Å²) in [5.41, 5.74) is 27.3. The van der Waals surface area contributed by atoms with Crippen LogP contribution in [0.15, 0.2) is 261 Å². The first-order valence-corrected chi connectivity index (χ1v) is 27.2. The van der Waals surface area contributed by atoms with Crippen LogP contribution in [0.1, 0.15) is 52.7 Å². The molecule has 3 heteroatoms. The van der Waals surface area contributed by atoms with Gasteiger partial charge in [-0.3, -0.25) is 0 Å². The van der Waals surface area contributed by atoms with Gasteiger partial charge < -0.3 is 9.80 Å². The molecule has 0 atom stereocenters. The van der Waals surface area contributed by atoms with Crippen molar-refractivity contribution in [2.24, 2.45) is 0 Å². The van der Waals surface area contributed by atoms with Crippen LogP contribution in [0.5, 0.6) is 0 Å². The highest BCUT2D eigenvalue weighted by Gasteiger charge is 2.46. The van der Waals surface area contributed by atoms with Crippen molar-refractivity contribution in [2.45, 2.75) is 52.4 Å². The maximum absolute atomic E-state index is 2.69. The van der Waals surface area contributed by atoms with E-state index in [0.717, 1.165) is 11.4 Å². The van der Waals surface area contributed by atoms with Crippen molar-refractivity contribution < 1.29 is 0 Å². The zero-order valence-electron chi connectivity index (χ0n) is 44.8. The Kier molecular flexibility index (Phi) is 11.8. The Hall–Kier alpha value is -8.92. The van der Waals surface area contributed by atoms with Crippen molar-refractivity contribution in [3.05, 3.63) is 272 Å². The van der Waals surface area contributed by atoms with Gasteiger partial charge in [-0.25, -0.2) is 0 Å². The van der Waals surface area contributed by atoms with Crippen molar-refractivity contribution in [3.63, 3.8) is 0 Å². The van der Waals surface area contributed by atoms with E-state index in [0.29, 0.717) is 0 Å². The van der Waals surface area contributed by atoms with Crippen LogP contribution < -0.4 is 26.2 Å². The van der Waals surface area contributed by atoms with Crippen LogP contribution in [0.2, 0.25) is 0 Å². The molecule has 11 aromatic rings. The van der Waals surface area contributed by atoms with E-state index >= 15 is 0 Å². The molecule has 0 spiro atoms. The van der Waals surface area contributed by atoms with Gasteiger partial charge >= 0.3 is 0 Å². The monoisotopic (exact) mass is 988 g/mol. The molecule has 2 aliphatic rings. The number of benzene rings is 11. The van der Waals surface area contributed by atoms with E-state index in [1.54, 1.807) is 0 Å². The van der Waals surface area contributed by atoms with Gasteiger partial charge in [0.05, 0.1) is 11.4 Å². The zero-order valence-corrected chi connectivity index (χ0v) is 44.8. The Labute approximate surface area is 455 Å². The summed E-state index contributed by atoms with van der Waals surface area (Å²) in [6.45, 7) is 14.1. The fourth-order valence-electron chi connectivity index (χ4n) is 12.2. The number of hydrogen-bond donors (Lipinski definition) is 0. The Bertz CT molecular complexity index is 3860. The Morgan fingerprint density at radius 3 is 1.03 bits per heavy atom. The average Bonchev–Trinajstić information content (AvgIpc) is 3.65. The molecule has 370 valence electrons. The minimum Gasteiger partial charge on any atom is -0.310 e. The lowest BCUT2D eigenvalue weighted by atomic mass is 9.33. The molecule has 0 N–H and O–H groups in total. The van der Waals surface area contributed by atoms with Crippen LogP contribution >= 0.6 is 0 Å². The SMILES string of the molecule is CC(C)(C)c1cc2c3c(c1)N(c1c(-c4ccccc4)cccc1-c1ccccc1)c1cc(C(C)(C)C)c(-c4ccccc4)cc1B3c1cc(-c3ccccc3)ccc1N2c1c(-c2ccccc2)cccc1-c1ccccc1. The second-order valence-corrected chi connectivity index (χ2v) is 22.9. The third-order valence-electron chi connectivity index (χ3n) is 15.9. The van der Waals surface area contributed by atoms with Crippen LogP contribution in [-0.4, -0.2) is 6.71 Å². The van der Waals surface area contributed by atoms with Crippen molar-refractivity contribution in [1.82, 2.24) is 0 Å². The third-order valence-corrected chi connectivity index (χ3v) is 15.9. The molecule has 13 rings (SSSR count). The molecule has 0 fully saturated rings. The maximum Gasteiger partial charge on any atom is 0.252 e. The molecular formula is C74H61BN2. The Morgan fingerprint density at radius 1 is 0.273 bits per heavy atom. The molecule has 77 heavy (non-hydrogen) atoms. The van der Waals surface area contributed by atoms with Crippen LogP contribution in [0.3, 0.4) is 0 Å². The van der Waals surface area contributed by atoms with Gasteiger partial charge in [-0.1, -0.05) is 278 Å². The van der Waals surface area contributed by atoms with E-state index in [9.17, 15) is 0 Å². The van der Waals surface area contributed by atoms with Crippen LogP contribution in [0.25, 0.3) is 66.8 Å². The highest BCUT2D eigenvalue weighted by atomic mass is 15.2. The van der Waals surface area contributed by atoms with E-state index < -0.39 is 0 Å². The number of fused-ring (bicyclic) bond motifs is 4. The molecule has 0 radical (unpaired) electrons. The number of nitrogens with zero attached hydrogens (tertiary/aromatic N) is 2. The lowest BCUT2D eigenvalue weighted by Crippen LogP contribution is -2.61. The fraction of sp³-hybridized carbons (Fsp3) is 0.108. The van der Waals surface area contributed by atoms with Crippen LogP contribution in [-0.2, 0) is 10.8 Å². The quantitative estimate of drug-likeness (QED) is 0.140. The lowest BCUT2D eigenvalue weighted by Gasteiger charge is -2.47. The first kappa shape index (κ1) is 47.8. The predicted molar refractivity (Wildman–Crippen MR) is 330 cm³/mol. The van der Waals surface area contributed by atoms with E-state index in [1.807, 2.05) is 0 Å². The van der Waals surface area contributed by atoms with Gasteiger partial charge in [0.1, 0.15) is 0 Å². The van der Waals surface area contributed by atoms with Gasteiger partial charge in [-0.2, -0.15) is 0 Å². The van der Waals surface area contributed by atoms with Crippen molar-refractivity contribution in [3.8, 4) is 66.8 Å². The zero-order chi connectivity index (χ0) is 52.4. The number of anilines is 6. The maximum atomic E-state index is 2.69. The average molecular weight is 989 g/mol. The molecule has 2 aliphatic heterocycles. The van der Waals surface area contributed by atoms with Gasteiger partial charge in [0.25, 0.3) is 6.71 Å². The van der Waals surface area contributed by atoms with Gasteiger partial charge in [-0.15, -0.1) is 0 Å². The van der Waals surface area contributed by atoms with E-state index in [2.05, 4.69) is 312 Å². The number of rotatable bonds is 8. The summed E-state index contributed by atoms with van der Waals surface area (Å²) in [6, 6.07) is 97.4. The van der Waals surface area contributed by atoms with Gasteiger partial charge in [-0.05, 0) is 107 Å². The summed E-state index contributed by atoms with van der Waals surface area (Å²) >= 11 is 0. The van der Waals surface area contributed by atoms with Gasteiger partial charge in [0, 0.05) is 45.0 Å². The van der Waals surface area contributed by atoms with Crippen molar-refractivity contribution in [1.29, 1.82) is 0 Å². The van der Waals surface area contributed by atoms with Crippen LogP contribution in [0.4, 0.5) is 34.1 Å². The summed E-state index contributed by atoms with van der Waals surface area (Å²) in [5.74, 6) is 0. The molecule has 0 amide bonds. The smallest absolute Gasteiger partial charge is 0.252 e. The second-order valence-electron chi connectivity index (χ2n) is 22.9. The first-order valence-electron chi connectivity index (χ1n) is 27.2. The third kappa shape index (κ3) is 8.39. The molecule has 0 aliphatic carbocycles. The van der Waals surface area contributed by atoms with Crippen molar-refractivity contribution >= 4 is 57.2 Å². The molecular weight excluding hydrogens is 928 g/mol. The highest BCUT2D eigenvalue weighted by molar-refractivity contribution is 7.00. The molecule has 2 nitrogen and oxygen atoms in total. The summed E-state index contributed by atoms with van der Waals surface area (Å²) in [7, 11) is 0. The van der Waals surface area contributed by atoms with Crippen LogP contribution in [0, 0.1) is 0 Å². The summed E-state index contributed by atoms with van der Waals surface area (Å²) in [4.78, 5) is 5.35. The van der Waals surface area contributed by atoms with Crippen molar-refractivity contribution in [2.75, 3.05) is 9.80 Å². The molecule has 0 aromatic heterocycles. The molecule has 2 heterocycles. The lowest BCUT2D eigenvalue weighted by molar-refractivity contribution is 0.590. The summed E-state index contributed by atoms with van der Waals surface area (Å²) in [5, 5.41) is 0. The second kappa shape index (κ2) is 19.0. The predicted octanol–water partition coefficient (Wildman–Crippen LogP) is 18.4. The molecule has 0 bridgehead atoms. The molecule has 11 aromatic carbocycles. The van der Waals surface area contributed by atoms with Gasteiger partial charge in [0.2, 0.25) is 0 Å². The van der Waals surface area contributed by atoms with E-state index in [1.165, 1.54) is 117 Å². The molecule has 0 unspecified atom stereocenters. The summed E-state index contributed by atoms with van der Waals surface area (Å²) in [6.07, 6.45) is 0. The minimum atomic E-state index is -0.230. The molecule has 0 saturated carbocycles. The topological polar surface area (TPSA) is 6.48 Å². The molecule has 0 saturated heterocycles. The van der Waals surface area contributed by atoms with E-state index in [-0.39, 0.29) is 17.5 Å². The number of para-hydroxylation sites is 2. The standard InChI is InChI=1S/C74H61BN2/c1-73(2,3)57-46-68-70-69(47-57)77(72-60(53-33-19-10-20-34-53)41-26-42-61(72)54-35-21-11-22-36-54)67-49-63(74(4,5)6)62(55-37-23-12-24-38-55)48-65(67)75(70)64-45-56(50-27-13-7-14-28-50)43-44-66(64)76(68)71-58(51-29-15-8-16-30-51)39-25-40-59(71)52-31-17-9-18-32-52/h7-49H,1-6H3. The van der Waals surface area contributed by atoms with E-state index in [4.69, 9.17) is 0 Å². The highest BCUT2D eigenvalue weighted by Crippen LogP contribution is 2.54. The Balaban J connectivity index is 1.24. The largest absolute Gasteiger partial charge is 0.310 e. The van der Waals surface area contributed by atoms with Gasteiger partial charge in [0.15, 0.2) is 0 Å². The summed E-state index contributed by atoms with van der Waals surface area (Å²) < 4.78 is 0. The number of hydrogen-bond acceptors (Lipinski definition) is 2. The minimum absolute atomic E-state index is 0.153. The normalized spacial score (nSPS) is 12.7. The first-order chi connectivity index (χ1) is 37.5.